The average molecular weight is 416 g/mol. The number of methoxy groups -OCH3 is 2. The Morgan fingerprint density at radius 3 is 2.38 bits per heavy atom. The molecular weight excluding hydrogens is 392 g/mol. The molecule has 29 heavy (non-hydrogen) atoms. The van der Waals surface area contributed by atoms with Crippen molar-refractivity contribution in [3.8, 4) is 11.5 Å². The number of hydrogen-bond acceptors (Lipinski definition) is 5. The molecule has 2 atom stereocenters. The summed E-state index contributed by atoms with van der Waals surface area (Å²) in [4.78, 5) is 13.1. The van der Waals surface area contributed by atoms with Gasteiger partial charge in [-0.3, -0.25) is 9.10 Å². The van der Waals surface area contributed by atoms with Gasteiger partial charge in [0.1, 0.15) is 0 Å². The number of fused-ring (bicyclic) bond motifs is 1. The number of anilines is 2. The maximum absolute atomic E-state index is 13.4. The van der Waals surface area contributed by atoms with Gasteiger partial charge >= 0.3 is 0 Å². The van der Waals surface area contributed by atoms with Gasteiger partial charge in [0.05, 0.1) is 19.9 Å². The number of carbonyl (C=O) groups excluding carboxylic acids is 1. The number of amides is 1. The van der Waals surface area contributed by atoms with E-state index in [-0.39, 0.29) is 5.92 Å². The quantitative estimate of drug-likeness (QED) is 0.810. The number of ether oxygens (including phenoxy) is 2. The van der Waals surface area contributed by atoms with Gasteiger partial charge in [-0.1, -0.05) is 18.2 Å². The number of nitrogens with one attached hydrogen (secondary N) is 1. The zero-order chi connectivity index (χ0) is 21.0. The van der Waals surface area contributed by atoms with E-state index in [1.807, 2.05) is 32.0 Å². The topological polar surface area (TPSA) is 84.9 Å². The van der Waals surface area contributed by atoms with E-state index in [1.54, 1.807) is 18.2 Å². The molecule has 154 valence electrons. The zero-order valence-corrected chi connectivity index (χ0v) is 17.7. The molecule has 2 fully saturated rings. The van der Waals surface area contributed by atoms with Crippen molar-refractivity contribution in [1.29, 1.82) is 0 Å². The third kappa shape index (κ3) is 2.77. The summed E-state index contributed by atoms with van der Waals surface area (Å²) in [6.07, 6.45) is 0.343. The van der Waals surface area contributed by atoms with E-state index >= 15 is 0 Å². The van der Waals surface area contributed by atoms with E-state index in [0.717, 1.165) is 11.1 Å². The van der Waals surface area contributed by atoms with E-state index in [4.69, 9.17) is 9.47 Å². The standard InChI is InChI=1S/C21H24N2O5S/c1-13-6-5-7-14(2)19(13)23-12-15-11-21(15,29(23,25)26)20(24)22-16-8-9-17(27-3)18(10-16)28-4/h5-10,15H,11-12H2,1-4H3,(H,22,24)/t15-,21+/m0/s1. The molecule has 2 aromatic rings. The molecule has 2 aromatic carbocycles. The number of carbonyl (C=O) groups is 1. The van der Waals surface area contributed by atoms with Crippen LogP contribution in [0.5, 0.6) is 11.5 Å². The normalized spacial score (nSPS) is 24.0. The van der Waals surface area contributed by atoms with Gasteiger partial charge in [-0.05, 0) is 43.5 Å². The summed E-state index contributed by atoms with van der Waals surface area (Å²) in [5, 5.41) is 2.77. The van der Waals surface area contributed by atoms with Crippen molar-refractivity contribution in [2.45, 2.75) is 25.0 Å². The third-order valence-electron chi connectivity index (χ3n) is 5.90. The van der Waals surface area contributed by atoms with E-state index in [2.05, 4.69) is 5.32 Å². The molecule has 1 amide bonds. The molecule has 1 saturated carbocycles. The van der Waals surface area contributed by atoms with Crippen LogP contribution in [-0.2, 0) is 14.8 Å². The number of para-hydroxylation sites is 1. The molecule has 1 aliphatic heterocycles. The lowest BCUT2D eigenvalue weighted by molar-refractivity contribution is -0.116. The zero-order valence-electron chi connectivity index (χ0n) is 16.9. The fourth-order valence-corrected chi connectivity index (χ4v) is 6.78. The number of rotatable bonds is 5. The van der Waals surface area contributed by atoms with Crippen molar-refractivity contribution in [2.75, 3.05) is 30.4 Å². The minimum atomic E-state index is -3.83. The Balaban J connectivity index is 1.64. The first-order chi connectivity index (χ1) is 13.8. The molecule has 0 radical (unpaired) electrons. The highest BCUT2D eigenvalue weighted by atomic mass is 32.2. The lowest BCUT2D eigenvalue weighted by Crippen LogP contribution is -2.42. The Morgan fingerprint density at radius 2 is 1.76 bits per heavy atom. The van der Waals surface area contributed by atoms with Gasteiger partial charge in [-0.2, -0.15) is 0 Å². The summed E-state index contributed by atoms with van der Waals surface area (Å²) in [7, 11) is -0.806. The molecule has 0 aromatic heterocycles. The van der Waals surface area contributed by atoms with Crippen LogP contribution in [0.2, 0.25) is 0 Å². The number of benzene rings is 2. The smallest absolute Gasteiger partial charge is 0.250 e. The second-order valence-electron chi connectivity index (χ2n) is 7.59. The van der Waals surface area contributed by atoms with Crippen LogP contribution in [0.1, 0.15) is 17.5 Å². The molecule has 0 spiro atoms. The van der Waals surface area contributed by atoms with Crippen LogP contribution >= 0.6 is 0 Å². The fraction of sp³-hybridized carbons (Fsp3) is 0.381. The maximum Gasteiger partial charge on any atom is 0.250 e. The van der Waals surface area contributed by atoms with E-state index in [0.29, 0.717) is 35.8 Å². The van der Waals surface area contributed by atoms with Gasteiger partial charge in [0, 0.05) is 24.2 Å². The highest BCUT2D eigenvalue weighted by Crippen LogP contribution is 2.59. The number of aryl methyl sites for hydroxylation is 2. The van der Waals surface area contributed by atoms with E-state index in [9.17, 15) is 13.2 Å². The van der Waals surface area contributed by atoms with E-state index in [1.165, 1.54) is 18.5 Å². The Kier molecular flexibility index (Phi) is 4.49. The second-order valence-corrected chi connectivity index (χ2v) is 9.71. The molecule has 1 aliphatic carbocycles. The predicted molar refractivity (Wildman–Crippen MR) is 111 cm³/mol. The van der Waals surface area contributed by atoms with Crippen LogP contribution in [0.15, 0.2) is 36.4 Å². The molecule has 1 heterocycles. The summed E-state index contributed by atoms with van der Waals surface area (Å²) < 4.78 is 37.3. The third-order valence-corrected chi connectivity index (χ3v) is 8.42. The summed E-state index contributed by atoms with van der Waals surface area (Å²) in [6.45, 7) is 4.10. The first-order valence-corrected chi connectivity index (χ1v) is 10.8. The summed E-state index contributed by atoms with van der Waals surface area (Å²) in [5.41, 5.74) is 2.90. The molecule has 7 nitrogen and oxygen atoms in total. The van der Waals surface area contributed by atoms with Crippen molar-refractivity contribution < 1.29 is 22.7 Å². The summed E-state index contributed by atoms with van der Waals surface area (Å²) in [5.74, 6) is 0.277. The first kappa shape index (κ1) is 19.6. The van der Waals surface area contributed by atoms with Crippen molar-refractivity contribution in [3.05, 3.63) is 47.5 Å². The van der Waals surface area contributed by atoms with Crippen molar-refractivity contribution >= 4 is 27.3 Å². The molecular formula is C21H24N2O5S. The maximum atomic E-state index is 13.4. The lowest BCUT2D eigenvalue weighted by Gasteiger charge is -2.26. The van der Waals surface area contributed by atoms with Gasteiger partial charge in [-0.15, -0.1) is 0 Å². The van der Waals surface area contributed by atoms with Crippen molar-refractivity contribution in [2.24, 2.45) is 5.92 Å². The summed E-state index contributed by atoms with van der Waals surface area (Å²) in [6, 6.07) is 10.6. The second kappa shape index (κ2) is 6.66. The highest BCUT2D eigenvalue weighted by Gasteiger charge is 2.75. The Hall–Kier alpha value is -2.74. The number of sulfonamides is 1. The minimum Gasteiger partial charge on any atom is -0.493 e. The van der Waals surface area contributed by atoms with E-state index < -0.39 is 20.7 Å². The minimum absolute atomic E-state index is 0.216. The predicted octanol–water partition coefficient (Wildman–Crippen LogP) is 2.87. The van der Waals surface area contributed by atoms with Crippen LogP contribution in [0.25, 0.3) is 0 Å². The van der Waals surface area contributed by atoms with Gasteiger partial charge in [-0.25, -0.2) is 8.42 Å². The monoisotopic (exact) mass is 416 g/mol. The van der Waals surface area contributed by atoms with Crippen molar-refractivity contribution in [3.63, 3.8) is 0 Å². The molecule has 1 saturated heterocycles. The van der Waals surface area contributed by atoms with Gasteiger partial charge in [0.25, 0.3) is 0 Å². The van der Waals surface area contributed by atoms with Crippen LogP contribution < -0.4 is 19.1 Å². The highest BCUT2D eigenvalue weighted by molar-refractivity contribution is 7.95. The van der Waals surface area contributed by atoms with Crippen LogP contribution in [0, 0.1) is 19.8 Å². The largest absolute Gasteiger partial charge is 0.493 e. The molecule has 4 rings (SSSR count). The Morgan fingerprint density at radius 1 is 1.10 bits per heavy atom. The number of hydrogen-bond donors (Lipinski definition) is 1. The molecule has 2 aliphatic rings. The molecule has 1 N–H and O–H groups in total. The average Bonchev–Trinajstić information content (AvgIpc) is 3.38. The fourth-order valence-electron chi connectivity index (χ4n) is 4.29. The Bertz CT molecular complexity index is 1080. The molecule has 8 heteroatoms. The molecule has 0 unspecified atom stereocenters. The lowest BCUT2D eigenvalue weighted by atomic mass is 10.1. The van der Waals surface area contributed by atoms with Crippen LogP contribution in [-0.4, -0.2) is 39.8 Å². The van der Waals surface area contributed by atoms with Gasteiger partial charge in [0.15, 0.2) is 16.2 Å². The van der Waals surface area contributed by atoms with Gasteiger partial charge in [0.2, 0.25) is 15.9 Å². The first-order valence-electron chi connectivity index (χ1n) is 9.38. The van der Waals surface area contributed by atoms with Gasteiger partial charge < -0.3 is 14.8 Å². The van der Waals surface area contributed by atoms with Crippen molar-refractivity contribution in [1.82, 2.24) is 0 Å². The number of nitrogens with zero attached hydrogens (tertiary/aromatic N) is 1. The SMILES string of the molecule is COc1ccc(NC(=O)[C@@]23C[C@H]2CN(c2c(C)cccc2C)S3(=O)=O)cc1OC. The Labute approximate surface area is 170 Å². The van der Waals surface area contributed by atoms with Crippen LogP contribution in [0.3, 0.4) is 0 Å². The summed E-state index contributed by atoms with van der Waals surface area (Å²) >= 11 is 0. The van der Waals surface area contributed by atoms with Crippen LogP contribution in [0.4, 0.5) is 11.4 Å². The molecule has 0 bridgehead atoms.